The second-order valence-corrected chi connectivity index (χ2v) is 6.96. The fourth-order valence-electron chi connectivity index (χ4n) is 4.20. The Hall–Kier alpha value is -0.610. The van der Waals surface area contributed by atoms with E-state index in [2.05, 4.69) is 5.32 Å². The van der Waals surface area contributed by atoms with Gasteiger partial charge in [-0.25, -0.2) is 0 Å². The van der Waals surface area contributed by atoms with Crippen LogP contribution in [0.25, 0.3) is 0 Å². The summed E-state index contributed by atoms with van der Waals surface area (Å²) < 4.78 is 6.16. The average Bonchev–Trinajstić information content (AvgIpc) is 2.44. The summed E-state index contributed by atoms with van der Waals surface area (Å²) in [5.41, 5.74) is 0.171. The summed E-state index contributed by atoms with van der Waals surface area (Å²) in [6, 6.07) is 1.05. The van der Waals surface area contributed by atoms with Gasteiger partial charge in [-0.2, -0.15) is 0 Å². The van der Waals surface area contributed by atoms with Gasteiger partial charge in [-0.3, -0.25) is 4.79 Å². The molecule has 2 unspecified atom stereocenters. The van der Waals surface area contributed by atoms with Gasteiger partial charge in [0.1, 0.15) is 0 Å². The number of piperidine rings is 1. The van der Waals surface area contributed by atoms with Crippen LogP contribution in [0.3, 0.4) is 0 Å². The van der Waals surface area contributed by atoms with Crippen LogP contribution in [0.15, 0.2) is 0 Å². The first-order chi connectivity index (χ1) is 9.67. The molecule has 4 heteroatoms. The van der Waals surface area contributed by atoms with Gasteiger partial charge in [0.05, 0.1) is 5.60 Å². The van der Waals surface area contributed by atoms with Crippen molar-refractivity contribution in [3.8, 4) is 0 Å². The third kappa shape index (κ3) is 3.17. The number of nitrogens with one attached hydrogen (secondary N) is 1. The predicted molar refractivity (Wildman–Crippen MR) is 78.6 cm³/mol. The molecule has 1 spiro atoms. The lowest BCUT2D eigenvalue weighted by Crippen LogP contribution is -2.54. The number of ether oxygens (including phenoxy) is 1. The summed E-state index contributed by atoms with van der Waals surface area (Å²) >= 11 is 0. The van der Waals surface area contributed by atoms with E-state index < -0.39 is 0 Å². The highest BCUT2D eigenvalue weighted by atomic mass is 16.5. The van der Waals surface area contributed by atoms with Crippen LogP contribution in [0.2, 0.25) is 0 Å². The first kappa shape index (κ1) is 14.3. The van der Waals surface area contributed by atoms with Gasteiger partial charge in [0.25, 0.3) is 0 Å². The number of carbonyl (C=O) groups excluding carboxylic acids is 1. The Balaban J connectivity index is 1.53. The molecule has 20 heavy (non-hydrogen) atoms. The van der Waals surface area contributed by atoms with Crippen molar-refractivity contribution < 1.29 is 9.53 Å². The van der Waals surface area contributed by atoms with Gasteiger partial charge in [-0.05, 0) is 32.1 Å². The summed E-state index contributed by atoms with van der Waals surface area (Å²) in [7, 11) is 1.92. The first-order valence-corrected chi connectivity index (χ1v) is 8.31. The van der Waals surface area contributed by atoms with Crippen molar-refractivity contribution in [3.63, 3.8) is 0 Å². The highest BCUT2D eigenvalue weighted by molar-refractivity contribution is 5.76. The van der Waals surface area contributed by atoms with Crippen LogP contribution >= 0.6 is 0 Å². The van der Waals surface area contributed by atoms with Crippen molar-refractivity contribution >= 4 is 5.91 Å². The maximum Gasteiger partial charge on any atom is 0.222 e. The Labute approximate surface area is 122 Å². The molecule has 2 atom stereocenters. The summed E-state index contributed by atoms with van der Waals surface area (Å²) in [5, 5.41) is 3.81. The average molecular weight is 280 g/mol. The quantitative estimate of drug-likeness (QED) is 0.842. The summed E-state index contributed by atoms with van der Waals surface area (Å²) in [4.78, 5) is 13.4. The van der Waals surface area contributed by atoms with Gasteiger partial charge in [-0.15, -0.1) is 0 Å². The minimum absolute atomic E-state index is 0.171. The molecule has 1 saturated carbocycles. The number of hydrogen-bond acceptors (Lipinski definition) is 3. The van der Waals surface area contributed by atoms with E-state index in [4.69, 9.17) is 4.74 Å². The number of carbonyl (C=O) groups is 1. The fourth-order valence-corrected chi connectivity index (χ4v) is 4.20. The zero-order valence-electron chi connectivity index (χ0n) is 12.7. The van der Waals surface area contributed by atoms with E-state index in [1.54, 1.807) is 0 Å². The molecular formula is C16H28N2O2. The highest BCUT2D eigenvalue weighted by Crippen LogP contribution is 2.38. The number of nitrogens with zero attached hydrogens (tertiary/aromatic N) is 1. The molecule has 3 fully saturated rings. The van der Waals surface area contributed by atoms with E-state index >= 15 is 0 Å². The number of likely N-dealkylation sites (N-methyl/N-ethyl adjacent to an activating group) is 1. The second kappa shape index (κ2) is 6.02. The van der Waals surface area contributed by atoms with E-state index in [9.17, 15) is 4.79 Å². The van der Waals surface area contributed by atoms with Crippen molar-refractivity contribution in [2.45, 2.75) is 75.5 Å². The normalized spacial score (nSPS) is 34.5. The zero-order valence-corrected chi connectivity index (χ0v) is 12.7. The van der Waals surface area contributed by atoms with Crippen LogP contribution in [0.5, 0.6) is 0 Å². The van der Waals surface area contributed by atoms with Gasteiger partial charge in [0.2, 0.25) is 5.91 Å². The van der Waals surface area contributed by atoms with Crippen molar-refractivity contribution in [1.82, 2.24) is 10.2 Å². The number of hydrogen-bond donors (Lipinski definition) is 1. The fraction of sp³-hybridized carbons (Fsp3) is 0.938. The lowest BCUT2D eigenvalue weighted by molar-refractivity contribution is -0.133. The van der Waals surface area contributed by atoms with Gasteiger partial charge in [0, 0.05) is 38.7 Å². The van der Waals surface area contributed by atoms with Gasteiger partial charge in [0.15, 0.2) is 0 Å². The third-order valence-corrected chi connectivity index (χ3v) is 5.36. The van der Waals surface area contributed by atoms with E-state index in [-0.39, 0.29) is 5.60 Å². The van der Waals surface area contributed by atoms with E-state index in [1.807, 2.05) is 11.9 Å². The molecule has 1 N–H and O–H groups in total. The minimum atomic E-state index is 0.171. The molecular weight excluding hydrogens is 252 g/mol. The van der Waals surface area contributed by atoms with Crippen LogP contribution < -0.4 is 5.32 Å². The first-order valence-electron chi connectivity index (χ1n) is 8.31. The van der Waals surface area contributed by atoms with E-state index in [0.717, 1.165) is 26.0 Å². The number of likely N-dealkylation sites (tertiary alicyclic amines) is 1. The molecule has 2 saturated heterocycles. The largest absolute Gasteiger partial charge is 0.375 e. The van der Waals surface area contributed by atoms with Crippen LogP contribution in [0, 0.1) is 0 Å². The molecule has 0 aromatic carbocycles. The lowest BCUT2D eigenvalue weighted by Gasteiger charge is -2.45. The smallest absolute Gasteiger partial charge is 0.222 e. The third-order valence-electron chi connectivity index (χ3n) is 5.36. The maximum atomic E-state index is 11.6. The van der Waals surface area contributed by atoms with E-state index in [1.165, 1.54) is 38.5 Å². The standard InChI is InChI=1S/C16H28N2O2/c1-18-12-14(5-6-15(18)19)17-13-7-10-20-16(11-13)8-3-2-4-9-16/h13-14,17H,2-12H2,1H3. The molecule has 1 amide bonds. The summed E-state index contributed by atoms with van der Waals surface area (Å²) in [6.07, 6.45) is 10.5. The van der Waals surface area contributed by atoms with Crippen LogP contribution in [0.4, 0.5) is 0 Å². The molecule has 0 radical (unpaired) electrons. The molecule has 0 aromatic rings. The molecule has 2 aliphatic heterocycles. The Morgan fingerprint density at radius 1 is 1.20 bits per heavy atom. The van der Waals surface area contributed by atoms with Gasteiger partial charge >= 0.3 is 0 Å². The molecule has 1 aliphatic carbocycles. The molecule has 114 valence electrons. The van der Waals surface area contributed by atoms with Crippen molar-refractivity contribution in [2.75, 3.05) is 20.2 Å². The molecule has 0 aromatic heterocycles. The number of amides is 1. The Kier molecular flexibility index (Phi) is 4.32. The molecule has 3 rings (SSSR count). The highest BCUT2D eigenvalue weighted by Gasteiger charge is 2.39. The van der Waals surface area contributed by atoms with Crippen LogP contribution in [0.1, 0.15) is 57.8 Å². The summed E-state index contributed by atoms with van der Waals surface area (Å²) in [5.74, 6) is 0.291. The van der Waals surface area contributed by atoms with Crippen molar-refractivity contribution in [2.24, 2.45) is 0 Å². The monoisotopic (exact) mass is 280 g/mol. The SMILES string of the molecule is CN1CC(NC2CCOC3(CCCCC3)C2)CCC1=O. The van der Waals surface area contributed by atoms with Crippen LogP contribution in [-0.2, 0) is 9.53 Å². The summed E-state index contributed by atoms with van der Waals surface area (Å²) in [6.45, 7) is 1.77. The van der Waals surface area contributed by atoms with Crippen molar-refractivity contribution in [3.05, 3.63) is 0 Å². The topological polar surface area (TPSA) is 41.6 Å². The lowest BCUT2D eigenvalue weighted by atomic mass is 9.78. The van der Waals surface area contributed by atoms with Crippen LogP contribution in [-0.4, -0.2) is 48.7 Å². The van der Waals surface area contributed by atoms with E-state index in [0.29, 0.717) is 24.4 Å². The Bertz CT molecular complexity index is 347. The van der Waals surface area contributed by atoms with Gasteiger partial charge < -0.3 is 15.0 Å². The van der Waals surface area contributed by atoms with Gasteiger partial charge in [-0.1, -0.05) is 19.3 Å². The molecule has 4 nitrogen and oxygen atoms in total. The second-order valence-electron chi connectivity index (χ2n) is 6.96. The molecule has 3 aliphatic rings. The Morgan fingerprint density at radius 2 is 2.00 bits per heavy atom. The van der Waals surface area contributed by atoms with Crippen molar-refractivity contribution in [1.29, 1.82) is 0 Å². The number of rotatable bonds is 2. The predicted octanol–water partition coefficient (Wildman–Crippen LogP) is 2.08. The maximum absolute atomic E-state index is 11.6. The molecule has 0 bridgehead atoms. The zero-order chi connectivity index (χ0) is 14.0. The Morgan fingerprint density at radius 3 is 2.75 bits per heavy atom. The minimum Gasteiger partial charge on any atom is -0.375 e. The molecule has 2 heterocycles.